The van der Waals surface area contributed by atoms with Crippen LogP contribution in [-0.2, 0) is 9.53 Å². The molecule has 1 aliphatic heterocycles. The standard InChI is InChI=1S/C17H29N3O3/c1-4-5-6-7-11-18-17(22)23-15-10-14-20(16(15)21)13-9-8-12-19(2)3/h15H,4-7,10-14H2,1-3H3,(H,18,22)/t15-/m1/s1. The Morgan fingerprint density at radius 1 is 1.35 bits per heavy atom. The summed E-state index contributed by atoms with van der Waals surface area (Å²) in [6.45, 7) is 4.39. The molecular weight excluding hydrogens is 294 g/mol. The topological polar surface area (TPSA) is 61.9 Å². The molecule has 23 heavy (non-hydrogen) atoms. The van der Waals surface area contributed by atoms with Crippen molar-refractivity contribution in [2.45, 2.75) is 45.1 Å². The Balaban J connectivity index is 2.24. The van der Waals surface area contributed by atoms with Crippen molar-refractivity contribution in [3.05, 3.63) is 0 Å². The summed E-state index contributed by atoms with van der Waals surface area (Å²) in [7, 11) is 3.89. The normalized spacial score (nSPS) is 17.1. The molecule has 0 unspecified atom stereocenters. The predicted octanol–water partition coefficient (Wildman–Crippen LogP) is 1.46. The highest BCUT2D eigenvalue weighted by atomic mass is 16.6. The van der Waals surface area contributed by atoms with Gasteiger partial charge in [0.1, 0.15) is 0 Å². The first-order valence-electron chi connectivity index (χ1n) is 8.38. The highest BCUT2D eigenvalue weighted by Gasteiger charge is 2.33. The largest absolute Gasteiger partial charge is 0.436 e. The summed E-state index contributed by atoms with van der Waals surface area (Å²) in [4.78, 5) is 27.4. The van der Waals surface area contributed by atoms with Gasteiger partial charge in [-0.25, -0.2) is 4.79 Å². The summed E-state index contributed by atoms with van der Waals surface area (Å²) in [6, 6.07) is 0. The summed E-state index contributed by atoms with van der Waals surface area (Å²) < 4.78 is 5.21. The van der Waals surface area contributed by atoms with Crippen molar-refractivity contribution in [1.29, 1.82) is 0 Å². The van der Waals surface area contributed by atoms with Gasteiger partial charge in [0.25, 0.3) is 5.91 Å². The molecule has 0 aromatic heterocycles. The SMILES string of the molecule is CCCCCCNC(=O)O[C@@H]1CCN(CC#CCN(C)C)C1=O. The van der Waals surface area contributed by atoms with E-state index in [1.807, 2.05) is 19.0 Å². The highest BCUT2D eigenvalue weighted by Crippen LogP contribution is 2.14. The van der Waals surface area contributed by atoms with Crippen molar-refractivity contribution in [1.82, 2.24) is 15.1 Å². The van der Waals surface area contributed by atoms with Gasteiger partial charge in [0.05, 0.1) is 13.1 Å². The lowest BCUT2D eigenvalue weighted by molar-refractivity contribution is -0.134. The molecule has 1 saturated heterocycles. The third kappa shape index (κ3) is 7.89. The average molecular weight is 323 g/mol. The molecule has 0 bridgehead atoms. The van der Waals surface area contributed by atoms with Crippen LogP contribution in [0.1, 0.15) is 39.0 Å². The van der Waals surface area contributed by atoms with E-state index in [2.05, 4.69) is 24.1 Å². The number of nitrogens with one attached hydrogen (secondary N) is 1. The second-order valence-corrected chi connectivity index (χ2v) is 6.02. The van der Waals surface area contributed by atoms with E-state index in [0.29, 0.717) is 32.6 Å². The van der Waals surface area contributed by atoms with Gasteiger partial charge in [-0.1, -0.05) is 38.0 Å². The van der Waals surface area contributed by atoms with Gasteiger partial charge in [-0.2, -0.15) is 0 Å². The zero-order valence-electron chi connectivity index (χ0n) is 14.6. The van der Waals surface area contributed by atoms with Crippen LogP contribution >= 0.6 is 0 Å². The van der Waals surface area contributed by atoms with Crippen molar-refractivity contribution >= 4 is 12.0 Å². The van der Waals surface area contributed by atoms with Crippen LogP contribution in [0.2, 0.25) is 0 Å². The number of ether oxygens (including phenoxy) is 1. The average Bonchev–Trinajstić information content (AvgIpc) is 2.84. The van der Waals surface area contributed by atoms with Crippen molar-refractivity contribution in [2.75, 3.05) is 40.3 Å². The molecule has 6 heteroatoms. The number of alkyl carbamates (subject to hydrolysis) is 1. The molecule has 1 aliphatic rings. The Morgan fingerprint density at radius 2 is 2.13 bits per heavy atom. The first-order valence-corrected chi connectivity index (χ1v) is 8.38. The van der Waals surface area contributed by atoms with Crippen LogP contribution in [0.3, 0.4) is 0 Å². The molecule has 0 radical (unpaired) electrons. The van der Waals surface area contributed by atoms with E-state index in [-0.39, 0.29) is 5.91 Å². The lowest BCUT2D eigenvalue weighted by Crippen LogP contribution is -2.35. The maximum absolute atomic E-state index is 12.1. The number of carbonyl (C=O) groups excluding carboxylic acids is 2. The first kappa shape index (κ1) is 19.3. The van der Waals surface area contributed by atoms with Gasteiger partial charge < -0.3 is 15.0 Å². The fraction of sp³-hybridized carbons (Fsp3) is 0.765. The number of hydrogen-bond acceptors (Lipinski definition) is 4. The molecule has 6 nitrogen and oxygen atoms in total. The molecule has 1 fully saturated rings. The van der Waals surface area contributed by atoms with Crippen molar-refractivity contribution in [2.24, 2.45) is 0 Å². The smallest absolute Gasteiger partial charge is 0.407 e. The number of nitrogens with zero attached hydrogens (tertiary/aromatic N) is 2. The van der Waals surface area contributed by atoms with Crippen molar-refractivity contribution in [3.8, 4) is 11.8 Å². The van der Waals surface area contributed by atoms with Crippen LogP contribution in [0.15, 0.2) is 0 Å². The Kier molecular flexibility index (Phi) is 9.15. The maximum atomic E-state index is 12.1. The lowest BCUT2D eigenvalue weighted by Gasteiger charge is -2.14. The number of carbonyl (C=O) groups is 2. The molecule has 0 aliphatic carbocycles. The molecule has 130 valence electrons. The van der Waals surface area contributed by atoms with Crippen molar-refractivity contribution < 1.29 is 14.3 Å². The van der Waals surface area contributed by atoms with Crippen LogP contribution in [-0.4, -0.2) is 68.2 Å². The fourth-order valence-corrected chi connectivity index (χ4v) is 2.26. The second kappa shape index (κ2) is 10.9. The molecule has 1 rings (SSSR count). The lowest BCUT2D eigenvalue weighted by atomic mass is 10.2. The number of likely N-dealkylation sites (tertiary alicyclic amines) is 1. The van der Waals surface area contributed by atoms with Crippen LogP contribution in [0.25, 0.3) is 0 Å². The zero-order valence-corrected chi connectivity index (χ0v) is 14.6. The Bertz CT molecular complexity index is 440. The van der Waals surface area contributed by atoms with Crippen LogP contribution < -0.4 is 5.32 Å². The summed E-state index contributed by atoms with van der Waals surface area (Å²) in [6.07, 6.45) is 3.74. The van der Waals surface area contributed by atoms with Crippen LogP contribution in [0.4, 0.5) is 4.79 Å². The van der Waals surface area contributed by atoms with Crippen LogP contribution in [0, 0.1) is 11.8 Å². The monoisotopic (exact) mass is 323 g/mol. The minimum Gasteiger partial charge on any atom is -0.436 e. The molecule has 1 heterocycles. The first-order chi connectivity index (χ1) is 11.0. The molecule has 2 amide bonds. The van der Waals surface area contributed by atoms with Crippen LogP contribution in [0.5, 0.6) is 0 Å². The van der Waals surface area contributed by atoms with E-state index < -0.39 is 12.2 Å². The summed E-state index contributed by atoms with van der Waals surface area (Å²) in [5.41, 5.74) is 0. The van der Waals surface area contributed by atoms with E-state index in [4.69, 9.17) is 4.74 Å². The highest BCUT2D eigenvalue weighted by molar-refractivity contribution is 5.85. The Morgan fingerprint density at radius 3 is 2.83 bits per heavy atom. The molecule has 0 aromatic carbocycles. The molecule has 1 atom stereocenters. The Hall–Kier alpha value is -1.74. The van der Waals surface area contributed by atoms with Gasteiger partial charge in [0.15, 0.2) is 6.10 Å². The Labute approximate surface area is 139 Å². The molecule has 0 spiro atoms. The molecule has 1 N–H and O–H groups in total. The third-order valence-corrected chi connectivity index (χ3v) is 3.59. The number of amides is 2. The van der Waals surface area contributed by atoms with Gasteiger partial charge in [-0.3, -0.25) is 9.69 Å². The zero-order chi connectivity index (χ0) is 17.1. The number of rotatable bonds is 8. The summed E-state index contributed by atoms with van der Waals surface area (Å²) in [5, 5.41) is 2.70. The van der Waals surface area contributed by atoms with Gasteiger partial charge in [0, 0.05) is 19.5 Å². The van der Waals surface area contributed by atoms with E-state index in [1.165, 1.54) is 6.42 Å². The molecule has 0 aromatic rings. The van der Waals surface area contributed by atoms with Gasteiger partial charge >= 0.3 is 6.09 Å². The van der Waals surface area contributed by atoms with Crippen molar-refractivity contribution in [3.63, 3.8) is 0 Å². The van der Waals surface area contributed by atoms with Gasteiger partial charge in [0.2, 0.25) is 0 Å². The number of hydrogen-bond donors (Lipinski definition) is 1. The minimum atomic E-state index is -0.665. The number of unbranched alkanes of at least 4 members (excludes halogenated alkanes) is 3. The van der Waals surface area contributed by atoms with E-state index in [9.17, 15) is 9.59 Å². The maximum Gasteiger partial charge on any atom is 0.407 e. The second-order valence-electron chi connectivity index (χ2n) is 6.02. The van der Waals surface area contributed by atoms with E-state index in [1.54, 1.807) is 4.90 Å². The fourth-order valence-electron chi connectivity index (χ4n) is 2.26. The van der Waals surface area contributed by atoms with Gasteiger partial charge in [-0.15, -0.1) is 0 Å². The predicted molar refractivity (Wildman–Crippen MR) is 89.9 cm³/mol. The molecular formula is C17H29N3O3. The van der Waals surface area contributed by atoms with Gasteiger partial charge in [-0.05, 0) is 20.5 Å². The summed E-state index contributed by atoms with van der Waals surface area (Å²) in [5.74, 6) is 5.82. The third-order valence-electron chi connectivity index (χ3n) is 3.59. The van der Waals surface area contributed by atoms with E-state index in [0.717, 1.165) is 19.3 Å². The quantitative estimate of drug-likeness (QED) is 0.543. The molecule has 0 saturated carbocycles. The minimum absolute atomic E-state index is 0.148. The summed E-state index contributed by atoms with van der Waals surface area (Å²) >= 11 is 0. The van der Waals surface area contributed by atoms with E-state index >= 15 is 0 Å².